The fraction of sp³-hybridized carbons (Fsp3) is 0.261. The molecule has 0 spiro atoms. The second-order valence-corrected chi connectivity index (χ2v) is 8.52. The minimum absolute atomic E-state index is 0.0115. The maximum absolute atomic E-state index is 12.7. The molecule has 4 rings (SSSR count). The lowest BCUT2D eigenvalue weighted by molar-refractivity contribution is -0.120. The van der Waals surface area contributed by atoms with E-state index in [0.29, 0.717) is 5.02 Å². The fourth-order valence-electron chi connectivity index (χ4n) is 3.62. The number of anilines is 2. The Balaban J connectivity index is 1.35. The van der Waals surface area contributed by atoms with Gasteiger partial charge in [-0.1, -0.05) is 35.9 Å². The van der Waals surface area contributed by atoms with Gasteiger partial charge in [-0.15, -0.1) is 22.0 Å². The van der Waals surface area contributed by atoms with Gasteiger partial charge < -0.3 is 10.2 Å². The van der Waals surface area contributed by atoms with Crippen LogP contribution < -0.4 is 10.2 Å². The zero-order chi connectivity index (χ0) is 20.9. The number of carbonyl (C=O) groups excluding carboxylic acids is 1. The van der Waals surface area contributed by atoms with E-state index in [1.807, 2.05) is 66.9 Å². The van der Waals surface area contributed by atoms with E-state index in [4.69, 9.17) is 11.6 Å². The molecule has 154 valence electrons. The minimum Gasteiger partial charge on any atom is -0.355 e. The van der Waals surface area contributed by atoms with Gasteiger partial charge in [-0.3, -0.25) is 4.79 Å². The maximum Gasteiger partial charge on any atom is 0.227 e. The highest BCUT2D eigenvalue weighted by molar-refractivity contribution is 7.98. The molecular formula is C23H23ClN4OS. The summed E-state index contributed by atoms with van der Waals surface area (Å²) in [6, 6.07) is 19.4. The molecule has 7 heteroatoms. The molecule has 30 heavy (non-hydrogen) atoms. The van der Waals surface area contributed by atoms with Crippen molar-refractivity contribution < 1.29 is 4.79 Å². The van der Waals surface area contributed by atoms with E-state index in [0.717, 1.165) is 53.6 Å². The topological polar surface area (TPSA) is 58.1 Å². The highest BCUT2D eigenvalue weighted by atomic mass is 35.5. The van der Waals surface area contributed by atoms with Gasteiger partial charge in [-0.2, -0.15) is 0 Å². The molecule has 0 atom stereocenters. The lowest BCUT2D eigenvalue weighted by atomic mass is 9.95. The smallest absolute Gasteiger partial charge is 0.227 e. The second kappa shape index (κ2) is 9.49. The van der Waals surface area contributed by atoms with E-state index in [1.165, 1.54) is 0 Å². The molecule has 0 unspecified atom stereocenters. The largest absolute Gasteiger partial charge is 0.355 e. The predicted octanol–water partition coefficient (Wildman–Crippen LogP) is 5.37. The zero-order valence-electron chi connectivity index (χ0n) is 16.7. The summed E-state index contributed by atoms with van der Waals surface area (Å²) in [6.07, 6.45) is 3.62. The summed E-state index contributed by atoms with van der Waals surface area (Å²) < 4.78 is 0. The standard InChI is InChI=1S/C23H23ClN4OS/c1-30-21-5-3-2-4-20(21)25-23(29)17-12-14-28(15-13-17)22-11-10-19(26-27-22)16-6-8-18(24)9-7-16/h2-11,17H,12-15H2,1H3,(H,25,29). The van der Waals surface area contributed by atoms with Crippen LogP contribution in [-0.4, -0.2) is 35.4 Å². The Morgan fingerprint density at radius 1 is 1.03 bits per heavy atom. The number of amides is 1. The molecule has 0 radical (unpaired) electrons. The monoisotopic (exact) mass is 438 g/mol. The average Bonchev–Trinajstić information content (AvgIpc) is 2.80. The number of piperidine rings is 1. The Bertz CT molecular complexity index is 1000. The number of benzene rings is 2. The SMILES string of the molecule is CSc1ccccc1NC(=O)C1CCN(c2ccc(-c3ccc(Cl)cc3)nn2)CC1. The molecule has 0 saturated carbocycles. The van der Waals surface area contributed by atoms with Gasteiger partial charge in [0.05, 0.1) is 11.4 Å². The molecule has 2 heterocycles. The third-order valence-electron chi connectivity index (χ3n) is 5.35. The van der Waals surface area contributed by atoms with Gasteiger partial charge in [0.1, 0.15) is 0 Å². The van der Waals surface area contributed by atoms with Crippen LogP contribution in [0.1, 0.15) is 12.8 Å². The van der Waals surface area contributed by atoms with E-state index < -0.39 is 0 Å². The summed E-state index contributed by atoms with van der Waals surface area (Å²) in [5.41, 5.74) is 2.69. The number of halogens is 1. The van der Waals surface area contributed by atoms with Gasteiger partial charge in [-0.05, 0) is 55.5 Å². The summed E-state index contributed by atoms with van der Waals surface area (Å²) in [4.78, 5) is 16.0. The van der Waals surface area contributed by atoms with Crippen LogP contribution in [0.2, 0.25) is 5.02 Å². The van der Waals surface area contributed by atoms with Crippen molar-refractivity contribution in [3.05, 3.63) is 65.7 Å². The van der Waals surface area contributed by atoms with Crippen molar-refractivity contribution >= 4 is 40.8 Å². The van der Waals surface area contributed by atoms with Gasteiger partial charge in [-0.25, -0.2) is 0 Å². The summed E-state index contributed by atoms with van der Waals surface area (Å²) in [7, 11) is 0. The lowest BCUT2D eigenvalue weighted by Crippen LogP contribution is -2.38. The minimum atomic E-state index is 0.0115. The highest BCUT2D eigenvalue weighted by Crippen LogP contribution is 2.28. The molecule has 2 aromatic carbocycles. The molecule has 1 aromatic heterocycles. The van der Waals surface area contributed by atoms with Crippen molar-refractivity contribution in [2.24, 2.45) is 5.92 Å². The van der Waals surface area contributed by atoms with Crippen molar-refractivity contribution in [3.8, 4) is 11.3 Å². The molecule has 1 aliphatic heterocycles. The Morgan fingerprint density at radius 2 is 1.77 bits per heavy atom. The average molecular weight is 439 g/mol. The summed E-state index contributed by atoms with van der Waals surface area (Å²) >= 11 is 7.59. The lowest BCUT2D eigenvalue weighted by Gasteiger charge is -2.32. The van der Waals surface area contributed by atoms with Gasteiger partial charge >= 0.3 is 0 Å². The molecule has 0 bridgehead atoms. The molecular weight excluding hydrogens is 416 g/mol. The number of carbonyl (C=O) groups is 1. The number of nitrogens with zero attached hydrogens (tertiary/aromatic N) is 3. The van der Waals surface area contributed by atoms with Crippen LogP contribution in [0.25, 0.3) is 11.3 Å². The molecule has 0 aliphatic carbocycles. The van der Waals surface area contributed by atoms with Gasteiger partial charge in [0, 0.05) is 34.5 Å². The number of nitrogens with one attached hydrogen (secondary N) is 1. The third kappa shape index (κ3) is 4.77. The van der Waals surface area contributed by atoms with Crippen LogP contribution >= 0.6 is 23.4 Å². The molecule has 1 fully saturated rings. The predicted molar refractivity (Wildman–Crippen MR) is 124 cm³/mol. The molecule has 1 saturated heterocycles. The highest BCUT2D eigenvalue weighted by Gasteiger charge is 2.26. The summed E-state index contributed by atoms with van der Waals surface area (Å²) in [5, 5.41) is 12.6. The molecule has 1 N–H and O–H groups in total. The molecule has 3 aromatic rings. The number of thioether (sulfide) groups is 1. The molecule has 1 aliphatic rings. The Kier molecular flexibility index (Phi) is 6.55. The van der Waals surface area contributed by atoms with Crippen molar-refractivity contribution in [1.82, 2.24) is 10.2 Å². The van der Waals surface area contributed by atoms with Crippen LogP contribution in [-0.2, 0) is 4.79 Å². The normalized spacial score (nSPS) is 14.5. The quantitative estimate of drug-likeness (QED) is 0.542. The fourth-order valence-corrected chi connectivity index (χ4v) is 4.30. The van der Waals surface area contributed by atoms with E-state index in [9.17, 15) is 4.79 Å². The van der Waals surface area contributed by atoms with Crippen molar-refractivity contribution in [2.75, 3.05) is 29.6 Å². The third-order valence-corrected chi connectivity index (χ3v) is 6.39. The van der Waals surface area contributed by atoms with Crippen LogP contribution in [0.5, 0.6) is 0 Å². The second-order valence-electron chi connectivity index (χ2n) is 7.23. The first-order chi connectivity index (χ1) is 14.6. The van der Waals surface area contributed by atoms with E-state index in [2.05, 4.69) is 20.4 Å². The van der Waals surface area contributed by atoms with Gasteiger partial charge in [0.15, 0.2) is 5.82 Å². The Morgan fingerprint density at radius 3 is 2.43 bits per heavy atom. The van der Waals surface area contributed by atoms with E-state index in [-0.39, 0.29) is 11.8 Å². The Hall–Kier alpha value is -2.57. The molecule has 5 nitrogen and oxygen atoms in total. The van der Waals surface area contributed by atoms with E-state index in [1.54, 1.807) is 11.8 Å². The van der Waals surface area contributed by atoms with Crippen LogP contribution in [0.15, 0.2) is 65.6 Å². The number of rotatable bonds is 5. The van der Waals surface area contributed by atoms with Crippen molar-refractivity contribution in [1.29, 1.82) is 0 Å². The van der Waals surface area contributed by atoms with Crippen LogP contribution in [0.3, 0.4) is 0 Å². The van der Waals surface area contributed by atoms with Crippen LogP contribution in [0.4, 0.5) is 11.5 Å². The number of hydrogen-bond acceptors (Lipinski definition) is 5. The van der Waals surface area contributed by atoms with E-state index >= 15 is 0 Å². The first kappa shape index (κ1) is 20.7. The van der Waals surface area contributed by atoms with Crippen molar-refractivity contribution in [3.63, 3.8) is 0 Å². The van der Waals surface area contributed by atoms with Gasteiger partial charge in [0.2, 0.25) is 5.91 Å². The number of hydrogen-bond donors (Lipinski definition) is 1. The maximum atomic E-state index is 12.7. The first-order valence-electron chi connectivity index (χ1n) is 9.92. The van der Waals surface area contributed by atoms with Crippen LogP contribution in [0, 0.1) is 5.92 Å². The number of para-hydroxylation sites is 1. The Labute approximate surface area is 185 Å². The molecule has 1 amide bonds. The van der Waals surface area contributed by atoms with Crippen molar-refractivity contribution in [2.45, 2.75) is 17.7 Å². The van der Waals surface area contributed by atoms with Gasteiger partial charge in [0.25, 0.3) is 0 Å². The summed E-state index contributed by atoms with van der Waals surface area (Å²) in [6.45, 7) is 1.58. The number of aromatic nitrogens is 2. The summed E-state index contributed by atoms with van der Waals surface area (Å²) in [5.74, 6) is 0.956. The first-order valence-corrected chi connectivity index (χ1v) is 11.5. The zero-order valence-corrected chi connectivity index (χ0v) is 18.3.